The molecule has 1 aliphatic rings. The highest BCUT2D eigenvalue weighted by Gasteiger charge is 2.22. The van der Waals surface area contributed by atoms with Crippen LogP contribution < -0.4 is 10.1 Å². The number of carbonyl (C=O) groups is 1. The fourth-order valence-electron chi connectivity index (χ4n) is 3.11. The lowest BCUT2D eigenvalue weighted by atomic mass is 10.1. The van der Waals surface area contributed by atoms with E-state index in [9.17, 15) is 4.79 Å². The number of hydrogen-bond acceptors (Lipinski definition) is 4. The molecule has 1 N–H and O–H groups in total. The van der Waals surface area contributed by atoms with Crippen molar-refractivity contribution in [2.75, 3.05) is 6.61 Å². The first-order valence-electron chi connectivity index (χ1n) is 8.73. The molecule has 1 aliphatic heterocycles. The van der Waals surface area contributed by atoms with Crippen molar-refractivity contribution in [2.45, 2.75) is 13.5 Å². The predicted molar refractivity (Wildman–Crippen MR) is 120 cm³/mol. The average Bonchev–Trinajstić information content (AvgIpc) is 3.18. The maximum absolute atomic E-state index is 12.0. The van der Waals surface area contributed by atoms with E-state index in [4.69, 9.17) is 28.6 Å². The van der Waals surface area contributed by atoms with Crippen LogP contribution in [-0.4, -0.2) is 21.4 Å². The first kappa shape index (κ1) is 19.1. The summed E-state index contributed by atoms with van der Waals surface area (Å²) < 4.78 is 8.52. The SMILES string of the molecule is Cc1cc(OCCn2cc(/C=C3\SC(=S)NC3=O)c3ccccc32)ccc1Cl. The van der Waals surface area contributed by atoms with Crippen LogP contribution in [0.3, 0.4) is 0 Å². The highest BCUT2D eigenvalue weighted by molar-refractivity contribution is 8.26. The Bertz CT molecular complexity index is 1120. The Morgan fingerprint density at radius 3 is 2.86 bits per heavy atom. The Hall–Kier alpha value is -2.28. The molecule has 2 heterocycles. The molecule has 0 aliphatic carbocycles. The third-order valence-corrected chi connectivity index (χ3v) is 6.07. The van der Waals surface area contributed by atoms with Gasteiger partial charge in [-0.2, -0.15) is 0 Å². The summed E-state index contributed by atoms with van der Waals surface area (Å²) in [6.45, 7) is 3.16. The van der Waals surface area contributed by atoms with Gasteiger partial charge < -0.3 is 14.6 Å². The second-order valence-corrected chi connectivity index (χ2v) is 8.53. The summed E-state index contributed by atoms with van der Waals surface area (Å²) in [4.78, 5) is 12.6. The van der Waals surface area contributed by atoms with E-state index < -0.39 is 0 Å². The Balaban J connectivity index is 1.56. The van der Waals surface area contributed by atoms with Gasteiger partial charge >= 0.3 is 0 Å². The van der Waals surface area contributed by atoms with Crippen LogP contribution in [0.25, 0.3) is 17.0 Å². The largest absolute Gasteiger partial charge is 0.492 e. The molecule has 0 unspecified atom stereocenters. The van der Waals surface area contributed by atoms with E-state index in [1.165, 1.54) is 11.8 Å². The van der Waals surface area contributed by atoms with Crippen LogP contribution in [0.5, 0.6) is 5.75 Å². The molecular formula is C21H17ClN2O2S2. The number of benzene rings is 2. The van der Waals surface area contributed by atoms with Crippen LogP contribution in [0.4, 0.5) is 0 Å². The molecule has 28 heavy (non-hydrogen) atoms. The Kier molecular flexibility index (Phi) is 5.44. The van der Waals surface area contributed by atoms with Crippen molar-refractivity contribution in [1.82, 2.24) is 9.88 Å². The van der Waals surface area contributed by atoms with Crippen molar-refractivity contribution in [3.05, 3.63) is 69.7 Å². The number of carbonyl (C=O) groups excluding carboxylic acids is 1. The highest BCUT2D eigenvalue weighted by atomic mass is 35.5. The quantitative estimate of drug-likeness (QED) is 0.449. The minimum atomic E-state index is -0.145. The van der Waals surface area contributed by atoms with Crippen LogP contribution in [0.15, 0.2) is 53.6 Å². The van der Waals surface area contributed by atoms with Crippen molar-refractivity contribution >= 4 is 62.8 Å². The van der Waals surface area contributed by atoms with Crippen molar-refractivity contribution in [3.63, 3.8) is 0 Å². The van der Waals surface area contributed by atoms with E-state index in [0.717, 1.165) is 32.8 Å². The number of fused-ring (bicyclic) bond motifs is 1. The summed E-state index contributed by atoms with van der Waals surface area (Å²) in [6, 6.07) is 13.8. The Morgan fingerprint density at radius 2 is 2.11 bits per heavy atom. The topological polar surface area (TPSA) is 43.3 Å². The van der Waals surface area contributed by atoms with Gasteiger partial charge in [0.05, 0.1) is 11.4 Å². The second kappa shape index (κ2) is 7.99. The number of halogens is 1. The summed E-state index contributed by atoms with van der Waals surface area (Å²) in [6.07, 6.45) is 3.94. The van der Waals surface area contributed by atoms with E-state index in [2.05, 4.69) is 22.0 Å². The van der Waals surface area contributed by atoms with Gasteiger partial charge in [-0.15, -0.1) is 0 Å². The van der Waals surface area contributed by atoms with Gasteiger partial charge in [0.25, 0.3) is 5.91 Å². The molecular weight excluding hydrogens is 412 g/mol. The van der Waals surface area contributed by atoms with Crippen LogP contribution in [0, 0.1) is 6.92 Å². The summed E-state index contributed by atoms with van der Waals surface area (Å²) >= 11 is 12.4. The zero-order valence-corrected chi connectivity index (χ0v) is 17.5. The molecule has 2 aromatic carbocycles. The number of aromatic nitrogens is 1. The molecule has 0 radical (unpaired) electrons. The first-order valence-corrected chi connectivity index (χ1v) is 10.3. The highest BCUT2D eigenvalue weighted by Crippen LogP contribution is 2.30. The molecule has 1 aromatic heterocycles. The lowest BCUT2D eigenvalue weighted by Gasteiger charge is -2.09. The van der Waals surface area contributed by atoms with Gasteiger partial charge in [0.1, 0.15) is 16.7 Å². The van der Waals surface area contributed by atoms with Crippen molar-refractivity contribution in [1.29, 1.82) is 0 Å². The molecule has 0 spiro atoms. The van der Waals surface area contributed by atoms with Crippen LogP contribution in [0.2, 0.25) is 5.02 Å². The van der Waals surface area contributed by atoms with Gasteiger partial charge in [0, 0.05) is 27.7 Å². The van der Waals surface area contributed by atoms with Gasteiger partial charge in [0.15, 0.2) is 0 Å². The molecule has 1 amide bonds. The third-order valence-electron chi connectivity index (χ3n) is 4.48. The number of amides is 1. The number of thioether (sulfide) groups is 1. The Morgan fingerprint density at radius 1 is 1.29 bits per heavy atom. The van der Waals surface area contributed by atoms with E-state index in [1.807, 2.05) is 49.5 Å². The summed E-state index contributed by atoms with van der Waals surface area (Å²) in [5.74, 6) is 0.654. The molecule has 3 aromatic rings. The zero-order chi connectivity index (χ0) is 19.7. The van der Waals surface area contributed by atoms with E-state index in [0.29, 0.717) is 22.4 Å². The van der Waals surface area contributed by atoms with Crippen molar-refractivity contribution in [3.8, 4) is 5.75 Å². The lowest BCUT2D eigenvalue weighted by Crippen LogP contribution is -2.17. The monoisotopic (exact) mass is 428 g/mol. The number of nitrogens with zero attached hydrogens (tertiary/aromatic N) is 1. The van der Waals surface area contributed by atoms with E-state index in [1.54, 1.807) is 0 Å². The number of ether oxygens (including phenoxy) is 1. The van der Waals surface area contributed by atoms with Gasteiger partial charge in [-0.1, -0.05) is 53.8 Å². The van der Waals surface area contributed by atoms with Crippen LogP contribution >= 0.6 is 35.6 Å². The molecule has 1 saturated heterocycles. The smallest absolute Gasteiger partial charge is 0.263 e. The predicted octanol–water partition coefficient (Wildman–Crippen LogP) is 5.17. The van der Waals surface area contributed by atoms with E-state index in [-0.39, 0.29) is 5.91 Å². The second-order valence-electron chi connectivity index (χ2n) is 6.41. The molecule has 1 fully saturated rings. The Labute approximate surface area is 177 Å². The molecule has 0 saturated carbocycles. The fourth-order valence-corrected chi connectivity index (χ4v) is 4.26. The summed E-state index contributed by atoms with van der Waals surface area (Å²) in [5.41, 5.74) is 3.07. The van der Waals surface area contributed by atoms with Crippen molar-refractivity contribution < 1.29 is 9.53 Å². The van der Waals surface area contributed by atoms with Crippen LogP contribution in [-0.2, 0) is 11.3 Å². The molecule has 7 heteroatoms. The number of nitrogens with one attached hydrogen (secondary N) is 1. The number of thiocarbonyl (C=S) groups is 1. The lowest BCUT2D eigenvalue weighted by molar-refractivity contribution is -0.115. The minimum absolute atomic E-state index is 0.145. The summed E-state index contributed by atoms with van der Waals surface area (Å²) in [7, 11) is 0. The molecule has 0 atom stereocenters. The molecule has 0 bridgehead atoms. The van der Waals surface area contributed by atoms with E-state index >= 15 is 0 Å². The van der Waals surface area contributed by atoms with Crippen LogP contribution in [0.1, 0.15) is 11.1 Å². The number of para-hydroxylation sites is 1. The number of hydrogen-bond donors (Lipinski definition) is 1. The molecule has 4 rings (SSSR count). The summed E-state index contributed by atoms with van der Waals surface area (Å²) in [5, 5.41) is 4.47. The maximum atomic E-state index is 12.0. The van der Waals surface area contributed by atoms with Gasteiger partial charge in [-0.3, -0.25) is 4.79 Å². The minimum Gasteiger partial charge on any atom is -0.492 e. The fraction of sp³-hybridized carbons (Fsp3) is 0.143. The normalized spacial score (nSPS) is 15.4. The first-order chi connectivity index (χ1) is 13.5. The van der Waals surface area contributed by atoms with Crippen molar-refractivity contribution in [2.24, 2.45) is 0 Å². The van der Waals surface area contributed by atoms with Gasteiger partial charge in [-0.25, -0.2) is 0 Å². The standard InChI is InChI=1S/C21H17ClN2O2S2/c1-13-10-15(6-7-17(13)22)26-9-8-24-12-14(16-4-2-3-5-18(16)24)11-19-20(25)23-21(27)28-19/h2-7,10-12H,8-9H2,1H3,(H,23,25,27)/b19-11-. The maximum Gasteiger partial charge on any atom is 0.263 e. The third kappa shape index (κ3) is 3.94. The average molecular weight is 429 g/mol. The number of aryl methyl sites for hydroxylation is 1. The van der Waals surface area contributed by atoms with Gasteiger partial charge in [0.2, 0.25) is 0 Å². The molecule has 142 valence electrons. The molecule has 4 nitrogen and oxygen atoms in total. The zero-order valence-electron chi connectivity index (χ0n) is 15.1. The number of rotatable bonds is 5. The van der Waals surface area contributed by atoms with Gasteiger partial charge in [-0.05, 0) is 42.8 Å².